The quantitative estimate of drug-likeness (QED) is 0.662. The molecule has 0 spiro atoms. The van der Waals surface area contributed by atoms with Crippen molar-refractivity contribution in [2.45, 2.75) is 0 Å². The average Bonchev–Trinajstić information content (AvgIpc) is 2.31. The van der Waals surface area contributed by atoms with E-state index in [1.807, 2.05) is 12.9 Å². The molecule has 0 heterocycles. The summed E-state index contributed by atoms with van der Waals surface area (Å²) >= 11 is 0. The van der Waals surface area contributed by atoms with E-state index in [1.54, 1.807) is 24.3 Å². The molecule has 92 valence electrons. The third-order valence-corrected chi connectivity index (χ3v) is 1.12. The van der Waals surface area contributed by atoms with E-state index in [1.165, 1.54) is 0 Å². The van der Waals surface area contributed by atoms with Crippen molar-refractivity contribution >= 4 is 18.7 Å². The molecule has 0 aliphatic rings. The number of aliphatic carboxylic acids is 2. The normalized spacial score (nSPS) is 8.24. The third-order valence-electron chi connectivity index (χ3n) is 1.12. The van der Waals surface area contributed by atoms with Crippen LogP contribution in [0.4, 0.5) is 0 Å². The summed E-state index contributed by atoms with van der Waals surface area (Å²) in [6.07, 6.45) is 1.12. The fourth-order valence-electron chi connectivity index (χ4n) is 0.571. The van der Waals surface area contributed by atoms with Crippen LogP contribution >= 0.6 is 0 Å². The lowest BCUT2D eigenvalue weighted by atomic mass is 10.3. The number of carbonyl (C=O) groups is 3. The van der Waals surface area contributed by atoms with Gasteiger partial charge in [-0.15, -0.1) is 0 Å². The Morgan fingerprint density at radius 2 is 1.29 bits per heavy atom. The van der Waals surface area contributed by atoms with E-state index in [9.17, 15) is 9.59 Å². The SMILES string of the molecule is C=O.O=C(O)/C=C/C(=O)O.Oc1ccccc1. The van der Waals surface area contributed by atoms with Crippen molar-refractivity contribution in [2.75, 3.05) is 0 Å². The van der Waals surface area contributed by atoms with Crippen LogP contribution in [0.5, 0.6) is 5.75 Å². The first kappa shape index (κ1) is 16.8. The van der Waals surface area contributed by atoms with Gasteiger partial charge in [0.25, 0.3) is 0 Å². The molecular formula is C11H12O6. The Balaban J connectivity index is 0. The number of hydrogen-bond acceptors (Lipinski definition) is 4. The Labute approximate surface area is 97.4 Å². The Kier molecular flexibility index (Phi) is 11.3. The first-order chi connectivity index (χ1) is 8.02. The first-order valence-electron chi connectivity index (χ1n) is 4.19. The number of phenols is 1. The predicted molar refractivity (Wildman–Crippen MR) is 59.6 cm³/mol. The summed E-state index contributed by atoms with van der Waals surface area (Å²) < 4.78 is 0. The summed E-state index contributed by atoms with van der Waals surface area (Å²) in [4.78, 5) is 27.1. The van der Waals surface area contributed by atoms with Gasteiger partial charge in [-0.05, 0) is 12.1 Å². The van der Waals surface area contributed by atoms with Gasteiger partial charge in [-0.25, -0.2) is 9.59 Å². The van der Waals surface area contributed by atoms with Crippen molar-refractivity contribution < 1.29 is 29.7 Å². The highest BCUT2D eigenvalue weighted by atomic mass is 16.4. The monoisotopic (exact) mass is 240 g/mol. The molecule has 1 rings (SSSR count). The van der Waals surface area contributed by atoms with E-state index in [4.69, 9.17) is 20.1 Å². The van der Waals surface area contributed by atoms with Crippen LogP contribution in [0.1, 0.15) is 0 Å². The Hall–Kier alpha value is -2.63. The van der Waals surface area contributed by atoms with E-state index in [0.29, 0.717) is 17.9 Å². The van der Waals surface area contributed by atoms with E-state index in [-0.39, 0.29) is 0 Å². The van der Waals surface area contributed by atoms with Gasteiger partial charge in [0.05, 0.1) is 0 Å². The van der Waals surface area contributed by atoms with Crippen LogP contribution in [0.25, 0.3) is 0 Å². The van der Waals surface area contributed by atoms with Crippen molar-refractivity contribution in [1.82, 2.24) is 0 Å². The van der Waals surface area contributed by atoms with Gasteiger partial charge in [-0.1, -0.05) is 18.2 Å². The van der Waals surface area contributed by atoms with E-state index in [2.05, 4.69) is 0 Å². The minimum atomic E-state index is -1.26. The van der Waals surface area contributed by atoms with Gasteiger partial charge in [-0.2, -0.15) is 0 Å². The Morgan fingerprint density at radius 1 is 0.941 bits per heavy atom. The molecule has 0 unspecified atom stereocenters. The lowest BCUT2D eigenvalue weighted by Crippen LogP contribution is -1.91. The molecule has 0 fully saturated rings. The van der Waals surface area contributed by atoms with Gasteiger partial charge >= 0.3 is 11.9 Å². The molecule has 0 amide bonds. The zero-order valence-corrected chi connectivity index (χ0v) is 8.81. The first-order valence-corrected chi connectivity index (χ1v) is 4.19. The molecule has 6 nitrogen and oxygen atoms in total. The maximum absolute atomic E-state index is 9.55. The number of carbonyl (C=O) groups excluding carboxylic acids is 1. The van der Waals surface area contributed by atoms with Gasteiger partial charge in [0, 0.05) is 12.2 Å². The molecule has 1 aromatic rings. The van der Waals surface area contributed by atoms with Crippen molar-refractivity contribution in [1.29, 1.82) is 0 Å². The smallest absolute Gasteiger partial charge is 0.328 e. The third kappa shape index (κ3) is 16.1. The minimum Gasteiger partial charge on any atom is -0.508 e. The lowest BCUT2D eigenvalue weighted by molar-refractivity contribution is -0.134. The molecule has 17 heavy (non-hydrogen) atoms. The van der Waals surface area contributed by atoms with Crippen molar-refractivity contribution in [3.05, 3.63) is 42.5 Å². The maximum Gasteiger partial charge on any atom is 0.328 e. The number of carboxylic acids is 2. The molecule has 0 aliphatic heterocycles. The fraction of sp³-hybridized carbons (Fsp3) is 0. The number of phenolic OH excluding ortho intramolecular Hbond substituents is 1. The second kappa shape index (κ2) is 11.4. The van der Waals surface area contributed by atoms with Crippen molar-refractivity contribution in [3.8, 4) is 5.75 Å². The van der Waals surface area contributed by atoms with E-state index < -0.39 is 11.9 Å². The molecule has 0 radical (unpaired) electrons. The topological polar surface area (TPSA) is 112 Å². The standard InChI is InChI=1S/C6H6O.C4H4O4.CH2O/c7-6-4-2-1-3-5-6;5-3(6)1-2-4(7)8;1-2/h1-5,7H;1-2H,(H,5,6)(H,7,8);1H2/b;2-1+;. The molecule has 6 heteroatoms. The van der Waals surface area contributed by atoms with Gasteiger partial charge in [-0.3, -0.25) is 0 Å². The molecular weight excluding hydrogens is 228 g/mol. The molecule has 1 aromatic carbocycles. The zero-order valence-electron chi connectivity index (χ0n) is 8.81. The van der Waals surface area contributed by atoms with Crippen molar-refractivity contribution in [3.63, 3.8) is 0 Å². The molecule has 0 aliphatic carbocycles. The van der Waals surface area contributed by atoms with Crippen LogP contribution in [-0.4, -0.2) is 34.0 Å². The summed E-state index contributed by atoms with van der Waals surface area (Å²) in [5.41, 5.74) is 0. The number of carboxylic acid groups (broad SMARTS) is 2. The lowest BCUT2D eigenvalue weighted by Gasteiger charge is -1.82. The summed E-state index contributed by atoms with van der Waals surface area (Å²) in [7, 11) is 0. The van der Waals surface area contributed by atoms with Crippen LogP contribution in [0, 0.1) is 0 Å². The number of hydrogen-bond donors (Lipinski definition) is 3. The molecule has 0 saturated heterocycles. The summed E-state index contributed by atoms with van der Waals surface area (Å²) in [5, 5.41) is 24.3. The van der Waals surface area contributed by atoms with Crippen molar-refractivity contribution in [2.24, 2.45) is 0 Å². The Morgan fingerprint density at radius 3 is 1.47 bits per heavy atom. The van der Waals surface area contributed by atoms with Crippen LogP contribution in [0.2, 0.25) is 0 Å². The molecule has 0 bridgehead atoms. The second-order valence-electron chi connectivity index (χ2n) is 2.35. The number of para-hydroxylation sites is 1. The van der Waals surface area contributed by atoms with E-state index >= 15 is 0 Å². The van der Waals surface area contributed by atoms with Gasteiger partial charge in [0.1, 0.15) is 12.5 Å². The van der Waals surface area contributed by atoms with Gasteiger partial charge < -0.3 is 20.1 Å². The Bertz CT molecular complexity index is 341. The van der Waals surface area contributed by atoms with Crippen LogP contribution in [0.15, 0.2) is 42.5 Å². The molecule has 0 atom stereocenters. The van der Waals surface area contributed by atoms with E-state index in [0.717, 1.165) is 0 Å². The maximum atomic E-state index is 9.55. The average molecular weight is 240 g/mol. The predicted octanol–water partition coefficient (Wildman–Crippen LogP) is 0.919. The van der Waals surface area contributed by atoms with Gasteiger partial charge in [0.15, 0.2) is 0 Å². The highest BCUT2D eigenvalue weighted by molar-refractivity contribution is 5.89. The second-order valence-corrected chi connectivity index (χ2v) is 2.35. The van der Waals surface area contributed by atoms with Crippen LogP contribution in [0.3, 0.4) is 0 Å². The van der Waals surface area contributed by atoms with Crippen LogP contribution in [-0.2, 0) is 14.4 Å². The summed E-state index contributed by atoms with van der Waals surface area (Å²) in [5.74, 6) is -2.19. The number of aromatic hydroxyl groups is 1. The minimum absolute atomic E-state index is 0.322. The zero-order chi connectivity index (χ0) is 13.7. The highest BCUT2D eigenvalue weighted by Crippen LogP contribution is 2.02. The van der Waals surface area contributed by atoms with Gasteiger partial charge in [0.2, 0.25) is 0 Å². The number of benzene rings is 1. The largest absolute Gasteiger partial charge is 0.508 e. The summed E-state index contributed by atoms with van der Waals surface area (Å²) in [6, 6.07) is 8.71. The molecule has 0 aromatic heterocycles. The number of rotatable bonds is 2. The molecule has 0 saturated carbocycles. The molecule has 3 N–H and O–H groups in total. The fourth-order valence-corrected chi connectivity index (χ4v) is 0.571. The van der Waals surface area contributed by atoms with Crippen LogP contribution < -0.4 is 0 Å². The summed E-state index contributed by atoms with van der Waals surface area (Å²) in [6.45, 7) is 2.00. The highest BCUT2D eigenvalue weighted by Gasteiger charge is 1.88.